The van der Waals surface area contributed by atoms with Gasteiger partial charge in [-0.1, -0.05) is 32.1 Å². The molecule has 6 heteroatoms. The van der Waals surface area contributed by atoms with Crippen LogP contribution in [0.15, 0.2) is 0 Å². The molecular weight excluding hydrogens is 231 g/mol. The van der Waals surface area contributed by atoms with Crippen molar-refractivity contribution in [2.24, 2.45) is 0 Å². The van der Waals surface area contributed by atoms with Gasteiger partial charge in [0.05, 0.1) is 0 Å². The van der Waals surface area contributed by atoms with E-state index in [1.165, 1.54) is 19.3 Å². The smallest absolute Gasteiger partial charge is 0.427 e. The molecule has 0 aromatic rings. The molecule has 104 valence electrons. The average Bonchev–Trinajstić information content (AvgIpc) is 2.34. The van der Waals surface area contributed by atoms with Gasteiger partial charge < -0.3 is 20.7 Å². The summed E-state index contributed by atoms with van der Waals surface area (Å²) in [5.74, 6) is 0. The zero-order chi connectivity index (χ0) is 13.2. The van der Waals surface area contributed by atoms with Crippen LogP contribution in [0, 0.1) is 0 Å². The highest BCUT2D eigenvalue weighted by atomic mass is 16.4. The summed E-state index contributed by atoms with van der Waals surface area (Å²) in [5, 5.41) is 23.2. The van der Waals surface area contributed by atoms with Gasteiger partial charge in [0, 0.05) is 12.6 Å². The predicted octanol–water partition coefficient (Wildman–Crippen LogP) is 1.26. The average molecular weight is 256 g/mol. The summed E-state index contributed by atoms with van der Waals surface area (Å²) >= 11 is 0. The zero-order valence-electron chi connectivity index (χ0n) is 11.0. The fraction of sp³-hybridized carbons (Fsp3) is 0.917. The standard InChI is InChI=1S/C12H25BN2O3/c16-12(15-11-7-3-1-4-8-11)14-10-6-2-5-9-13(17)18/h11,17-18H,1-10H2,(H2,14,15,16). The Morgan fingerprint density at radius 1 is 1.11 bits per heavy atom. The van der Waals surface area contributed by atoms with Crippen molar-refractivity contribution in [1.29, 1.82) is 0 Å². The third kappa shape index (κ3) is 7.56. The number of nitrogens with one attached hydrogen (secondary N) is 2. The van der Waals surface area contributed by atoms with E-state index in [0.29, 0.717) is 18.9 Å². The quantitative estimate of drug-likeness (QED) is 0.409. The third-order valence-electron chi connectivity index (χ3n) is 3.37. The molecule has 0 atom stereocenters. The van der Waals surface area contributed by atoms with Crippen LogP contribution in [0.3, 0.4) is 0 Å². The van der Waals surface area contributed by atoms with Crippen molar-refractivity contribution in [2.75, 3.05) is 6.54 Å². The number of rotatable bonds is 7. The van der Waals surface area contributed by atoms with Gasteiger partial charge in [-0.05, 0) is 25.6 Å². The number of hydrogen-bond donors (Lipinski definition) is 4. The molecule has 0 saturated heterocycles. The first-order valence-corrected chi connectivity index (χ1v) is 7.09. The Hall–Kier alpha value is -0.745. The Morgan fingerprint density at radius 2 is 1.83 bits per heavy atom. The first kappa shape index (κ1) is 15.3. The van der Waals surface area contributed by atoms with Gasteiger partial charge >= 0.3 is 13.1 Å². The molecule has 0 heterocycles. The molecule has 1 aliphatic carbocycles. The Bertz CT molecular complexity index is 233. The first-order valence-electron chi connectivity index (χ1n) is 7.09. The molecule has 5 nitrogen and oxygen atoms in total. The van der Waals surface area contributed by atoms with Crippen LogP contribution in [0.4, 0.5) is 4.79 Å². The van der Waals surface area contributed by atoms with Crippen molar-refractivity contribution in [1.82, 2.24) is 10.6 Å². The van der Waals surface area contributed by atoms with Gasteiger partial charge in [0.25, 0.3) is 0 Å². The molecule has 0 unspecified atom stereocenters. The molecule has 1 fully saturated rings. The lowest BCUT2D eigenvalue weighted by molar-refractivity contribution is 0.232. The molecule has 0 aromatic heterocycles. The van der Waals surface area contributed by atoms with Crippen molar-refractivity contribution in [3.63, 3.8) is 0 Å². The first-order chi connectivity index (χ1) is 8.68. The summed E-state index contributed by atoms with van der Waals surface area (Å²) in [6, 6.07) is 0.285. The second kappa shape index (κ2) is 9.22. The maximum Gasteiger partial charge on any atom is 0.451 e. The molecule has 0 radical (unpaired) electrons. The van der Waals surface area contributed by atoms with Gasteiger partial charge in [-0.2, -0.15) is 0 Å². The van der Waals surface area contributed by atoms with Crippen LogP contribution in [0.1, 0.15) is 51.4 Å². The van der Waals surface area contributed by atoms with Gasteiger partial charge in [0.15, 0.2) is 0 Å². The summed E-state index contributed by atoms with van der Waals surface area (Å²) in [4.78, 5) is 11.5. The normalized spacial score (nSPS) is 16.3. The van der Waals surface area contributed by atoms with Crippen LogP contribution in [-0.4, -0.2) is 35.8 Å². The number of carbonyl (C=O) groups excluding carboxylic acids is 1. The summed E-state index contributed by atoms with van der Waals surface area (Å²) in [7, 11) is -1.20. The van der Waals surface area contributed by atoms with E-state index in [4.69, 9.17) is 10.0 Å². The summed E-state index contributed by atoms with van der Waals surface area (Å²) in [6.07, 6.45) is 8.90. The van der Waals surface area contributed by atoms with Crippen LogP contribution >= 0.6 is 0 Å². The Morgan fingerprint density at radius 3 is 2.50 bits per heavy atom. The maximum absolute atomic E-state index is 11.5. The Balaban J connectivity index is 1.93. The fourth-order valence-corrected chi connectivity index (χ4v) is 2.31. The highest BCUT2D eigenvalue weighted by Crippen LogP contribution is 2.17. The second-order valence-corrected chi connectivity index (χ2v) is 5.07. The van der Waals surface area contributed by atoms with Crippen molar-refractivity contribution in [3.8, 4) is 0 Å². The largest absolute Gasteiger partial charge is 0.451 e. The van der Waals surface area contributed by atoms with Crippen LogP contribution in [0.2, 0.25) is 6.32 Å². The SMILES string of the molecule is O=C(NCCCCCB(O)O)NC1CCCCC1. The third-order valence-corrected chi connectivity index (χ3v) is 3.37. The lowest BCUT2D eigenvalue weighted by atomic mass is 9.83. The van der Waals surface area contributed by atoms with E-state index in [1.54, 1.807) is 0 Å². The van der Waals surface area contributed by atoms with E-state index < -0.39 is 7.12 Å². The molecule has 0 aliphatic heterocycles. The maximum atomic E-state index is 11.5. The number of carbonyl (C=O) groups is 1. The fourth-order valence-electron chi connectivity index (χ4n) is 2.31. The van der Waals surface area contributed by atoms with Gasteiger partial charge in [0.2, 0.25) is 0 Å². The van der Waals surface area contributed by atoms with Crippen molar-refractivity contribution >= 4 is 13.1 Å². The minimum absolute atomic E-state index is 0.0657. The number of unbranched alkanes of at least 4 members (excludes halogenated alkanes) is 2. The molecule has 0 aromatic carbocycles. The number of urea groups is 1. The molecule has 0 spiro atoms. The molecule has 1 rings (SSSR count). The molecule has 18 heavy (non-hydrogen) atoms. The molecular formula is C12H25BN2O3. The highest BCUT2D eigenvalue weighted by molar-refractivity contribution is 6.40. The molecule has 1 saturated carbocycles. The van der Waals surface area contributed by atoms with Gasteiger partial charge in [-0.25, -0.2) is 4.79 Å². The second-order valence-electron chi connectivity index (χ2n) is 5.07. The van der Waals surface area contributed by atoms with Gasteiger partial charge in [0.1, 0.15) is 0 Å². The number of hydrogen-bond acceptors (Lipinski definition) is 3. The van der Waals surface area contributed by atoms with E-state index >= 15 is 0 Å². The molecule has 4 N–H and O–H groups in total. The minimum atomic E-state index is -1.20. The van der Waals surface area contributed by atoms with E-state index in [2.05, 4.69) is 10.6 Å². The summed E-state index contributed by atoms with van der Waals surface area (Å²) < 4.78 is 0. The van der Waals surface area contributed by atoms with Crippen molar-refractivity contribution in [3.05, 3.63) is 0 Å². The molecule has 0 bridgehead atoms. The van der Waals surface area contributed by atoms with Crippen molar-refractivity contribution in [2.45, 2.75) is 63.7 Å². The Labute approximate surface area is 109 Å². The van der Waals surface area contributed by atoms with E-state index in [9.17, 15) is 4.79 Å². The predicted molar refractivity (Wildman–Crippen MR) is 72.3 cm³/mol. The van der Waals surface area contributed by atoms with Crippen LogP contribution in [0.5, 0.6) is 0 Å². The molecule has 1 aliphatic rings. The lowest BCUT2D eigenvalue weighted by Gasteiger charge is -2.22. The van der Waals surface area contributed by atoms with E-state index in [0.717, 1.165) is 32.1 Å². The topological polar surface area (TPSA) is 81.6 Å². The van der Waals surface area contributed by atoms with Crippen molar-refractivity contribution < 1.29 is 14.8 Å². The van der Waals surface area contributed by atoms with Gasteiger partial charge in [-0.3, -0.25) is 0 Å². The number of amides is 2. The minimum Gasteiger partial charge on any atom is -0.427 e. The van der Waals surface area contributed by atoms with E-state index in [1.807, 2.05) is 0 Å². The zero-order valence-corrected chi connectivity index (χ0v) is 11.0. The summed E-state index contributed by atoms with van der Waals surface area (Å²) in [6.45, 7) is 0.653. The Kier molecular flexibility index (Phi) is 7.84. The lowest BCUT2D eigenvalue weighted by Crippen LogP contribution is -2.43. The molecule has 2 amide bonds. The van der Waals surface area contributed by atoms with E-state index in [-0.39, 0.29) is 6.03 Å². The van der Waals surface area contributed by atoms with Crippen LogP contribution in [0.25, 0.3) is 0 Å². The van der Waals surface area contributed by atoms with Crippen LogP contribution in [-0.2, 0) is 0 Å². The van der Waals surface area contributed by atoms with Crippen LogP contribution < -0.4 is 10.6 Å². The summed E-state index contributed by atoms with van der Waals surface area (Å²) in [5.41, 5.74) is 0. The highest BCUT2D eigenvalue weighted by Gasteiger charge is 2.14. The monoisotopic (exact) mass is 256 g/mol. The van der Waals surface area contributed by atoms with Gasteiger partial charge in [-0.15, -0.1) is 0 Å².